The van der Waals surface area contributed by atoms with Gasteiger partial charge in [-0.25, -0.2) is 4.58 Å². The number of hydrogen-bond donors (Lipinski definition) is 2. The van der Waals surface area contributed by atoms with Crippen LogP contribution < -0.4 is 4.90 Å². The Kier molecular flexibility index (Phi) is 8.03. The summed E-state index contributed by atoms with van der Waals surface area (Å²) in [5.74, 6) is 0. The molecule has 2 N–H and O–H groups in total. The molecule has 39 heavy (non-hydrogen) atoms. The van der Waals surface area contributed by atoms with Gasteiger partial charge >= 0.3 is 0 Å². The molecule has 0 aromatic heterocycles. The molecule has 4 rings (SSSR count). The molecule has 0 radical (unpaired) electrons. The second-order valence-electron chi connectivity index (χ2n) is 9.31. The molecule has 1 aliphatic carbocycles. The first kappa shape index (κ1) is 28.2. The van der Waals surface area contributed by atoms with Crippen LogP contribution in [0.2, 0.25) is 0 Å². The fourth-order valence-corrected chi connectivity index (χ4v) is 5.60. The molecule has 0 heterocycles. The first-order valence-corrected chi connectivity index (χ1v) is 14.8. The van der Waals surface area contributed by atoms with E-state index in [-0.39, 0.29) is 9.79 Å². The summed E-state index contributed by atoms with van der Waals surface area (Å²) in [5.41, 5.74) is 5.06. The summed E-state index contributed by atoms with van der Waals surface area (Å²) in [6.07, 6.45) is 7.70. The Labute approximate surface area is 229 Å². The van der Waals surface area contributed by atoms with Crippen molar-refractivity contribution in [2.24, 2.45) is 0 Å². The summed E-state index contributed by atoms with van der Waals surface area (Å²) >= 11 is 0. The summed E-state index contributed by atoms with van der Waals surface area (Å²) in [5, 5.41) is 0. The second-order valence-corrected chi connectivity index (χ2v) is 12.1. The number of allylic oxidation sites excluding steroid dienone is 5. The Morgan fingerprint density at radius 3 is 2.03 bits per heavy atom. The van der Waals surface area contributed by atoms with E-state index >= 15 is 0 Å². The Morgan fingerprint density at radius 2 is 1.44 bits per heavy atom. The Morgan fingerprint density at radius 1 is 0.795 bits per heavy atom. The van der Waals surface area contributed by atoms with Gasteiger partial charge < -0.3 is 4.90 Å². The average Bonchev–Trinajstić information content (AvgIpc) is 2.89. The van der Waals surface area contributed by atoms with Gasteiger partial charge in [-0.3, -0.25) is 9.11 Å². The van der Waals surface area contributed by atoms with Gasteiger partial charge in [-0.15, -0.1) is 0 Å². The van der Waals surface area contributed by atoms with Crippen LogP contribution in [0.4, 0.5) is 5.69 Å². The van der Waals surface area contributed by atoms with E-state index in [1.54, 1.807) is 30.3 Å². The quantitative estimate of drug-likeness (QED) is 0.321. The largest absolute Gasteiger partial charge is 0.370 e. The van der Waals surface area contributed by atoms with E-state index in [2.05, 4.69) is 0 Å². The molecule has 0 saturated carbocycles. The highest BCUT2D eigenvalue weighted by Crippen LogP contribution is 2.34. The van der Waals surface area contributed by atoms with E-state index in [1.165, 1.54) is 18.2 Å². The molecular weight excluding hydrogens is 536 g/mol. The summed E-state index contributed by atoms with van der Waals surface area (Å²) in [4.78, 5) is 1.57. The van der Waals surface area contributed by atoms with E-state index < -0.39 is 20.2 Å². The first-order chi connectivity index (χ1) is 18.3. The smallest absolute Gasteiger partial charge is 0.295 e. The molecule has 0 bridgehead atoms. The Balaban J connectivity index is 1.75. The highest BCUT2D eigenvalue weighted by molar-refractivity contribution is 7.86. The minimum Gasteiger partial charge on any atom is -0.370 e. The van der Waals surface area contributed by atoms with Crippen molar-refractivity contribution in [3.8, 4) is 0 Å². The monoisotopic (exact) mass is 565 g/mol. The van der Waals surface area contributed by atoms with E-state index in [0.717, 1.165) is 22.5 Å². The summed E-state index contributed by atoms with van der Waals surface area (Å²) in [6, 6.07) is 19.9. The van der Waals surface area contributed by atoms with Crippen LogP contribution in [0.5, 0.6) is 0 Å². The van der Waals surface area contributed by atoms with Gasteiger partial charge in [-0.1, -0.05) is 42.5 Å². The molecule has 0 aliphatic heterocycles. The predicted molar refractivity (Wildman–Crippen MR) is 152 cm³/mol. The molecule has 0 fully saturated rings. The first-order valence-electron chi connectivity index (χ1n) is 11.9. The summed E-state index contributed by atoms with van der Waals surface area (Å²) in [6.45, 7) is 0.386. The van der Waals surface area contributed by atoms with Gasteiger partial charge in [0, 0.05) is 37.0 Å². The van der Waals surface area contributed by atoms with E-state index in [9.17, 15) is 25.9 Å². The third-order valence-electron chi connectivity index (χ3n) is 6.32. The number of rotatable bonds is 7. The van der Waals surface area contributed by atoms with Gasteiger partial charge in [0.05, 0.1) is 4.90 Å². The fourth-order valence-electron chi connectivity index (χ4n) is 4.35. The molecule has 8 nitrogen and oxygen atoms in total. The number of anilines is 1. The Hall–Kier alpha value is -3.83. The van der Waals surface area contributed by atoms with Crippen LogP contribution in [0.1, 0.15) is 16.7 Å². The zero-order valence-corrected chi connectivity index (χ0v) is 23.3. The molecule has 0 saturated heterocycles. The van der Waals surface area contributed by atoms with Crippen LogP contribution >= 0.6 is 0 Å². The van der Waals surface area contributed by atoms with Gasteiger partial charge in [0.25, 0.3) is 20.2 Å². The minimum atomic E-state index is -4.48. The maximum atomic E-state index is 12.2. The van der Waals surface area contributed by atoms with Crippen molar-refractivity contribution in [2.45, 2.75) is 16.3 Å². The average molecular weight is 566 g/mol. The Bertz CT molecular complexity index is 1730. The lowest BCUT2D eigenvalue weighted by Gasteiger charge is -2.21. The third kappa shape index (κ3) is 6.61. The SMILES string of the molecule is CN(Cc1cccc(S(=O)(=O)O)c1)c1ccc(C(=C2C=CC(=[N+](C)C)C=C2)c2ccccc2S(=O)(=O)O)cc1. The molecule has 10 heteroatoms. The van der Waals surface area contributed by atoms with Gasteiger partial charge in [0.2, 0.25) is 0 Å². The van der Waals surface area contributed by atoms with Crippen LogP contribution in [0, 0.1) is 0 Å². The zero-order valence-electron chi connectivity index (χ0n) is 21.7. The molecule has 1 aliphatic rings. The second kappa shape index (κ2) is 11.1. The van der Waals surface area contributed by atoms with Crippen molar-refractivity contribution in [3.05, 3.63) is 119 Å². The maximum Gasteiger partial charge on any atom is 0.295 e. The fraction of sp³-hybridized carbons (Fsp3) is 0.138. The topological polar surface area (TPSA) is 115 Å². The van der Waals surface area contributed by atoms with Crippen LogP contribution in [-0.2, 0) is 26.8 Å². The molecule has 3 aromatic rings. The highest BCUT2D eigenvalue weighted by atomic mass is 32.2. The standard InChI is InChI=1S/C29H28N2O6S2/c1-30(2)24-15-11-22(12-16-24)29(27-9-4-5-10-28(27)39(35,36)37)23-13-17-25(18-14-23)31(3)20-21-7-6-8-26(19-21)38(32,33)34/h4-19H,20H2,1-3H3,(H-,32,33,34,35,36,37)/p+1. The van der Waals surface area contributed by atoms with Gasteiger partial charge in [0.15, 0.2) is 5.71 Å². The van der Waals surface area contributed by atoms with Crippen molar-refractivity contribution in [1.29, 1.82) is 0 Å². The van der Waals surface area contributed by atoms with Crippen molar-refractivity contribution in [2.75, 3.05) is 26.0 Å². The normalized spacial score (nSPS) is 13.5. The zero-order chi connectivity index (χ0) is 28.4. The lowest BCUT2D eigenvalue weighted by atomic mass is 9.90. The molecule has 0 spiro atoms. The van der Waals surface area contributed by atoms with E-state index in [4.69, 9.17) is 0 Å². The van der Waals surface area contributed by atoms with Gasteiger partial charge in [-0.2, -0.15) is 16.8 Å². The highest BCUT2D eigenvalue weighted by Gasteiger charge is 2.21. The molecule has 0 unspecified atom stereocenters. The van der Waals surface area contributed by atoms with Gasteiger partial charge in [0.1, 0.15) is 19.0 Å². The van der Waals surface area contributed by atoms with Gasteiger partial charge in [-0.05, 0) is 64.8 Å². The molecule has 0 atom stereocenters. The van der Waals surface area contributed by atoms with Crippen LogP contribution in [0.25, 0.3) is 5.57 Å². The third-order valence-corrected chi connectivity index (χ3v) is 8.08. The van der Waals surface area contributed by atoms with Crippen LogP contribution in [0.15, 0.2) is 112 Å². The number of nitrogens with zero attached hydrogens (tertiary/aromatic N) is 2. The molecule has 0 amide bonds. The van der Waals surface area contributed by atoms with E-state index in [1.807, 2.05) is 79.2 Å². The number of hydrogen-bond acceptors (Lipinski definition) is 5. The lowest BCUT2D eigenvalue weighted by molar-refractivity contribution is -0.462. The van der Waals surface area contributed by atoms with Crippen molar-refractivity contribution in [3.63, 3.8) is 0 Å². The molecule has 3 aromatic carbocycles. The summed E-state index contributed by atoms with van der Waals surface area (Å²) < 4.78 is 68.7. The van der Waals surface area contributed by atoms with Crippen molar-refractivity contribution in [1.82, 2.24) is 0 Å². The lowest BCUT2D eigenvalue weighted by Crippen LogP contribution is -2.16. The van der Waals surface area contributed by atoms with Crippen molar-refractivity contribution < 1.29 is 30.5 Å². The predicted octanol–water partition coefficient (Wildman–Crippen LogP) is 4.46. The number of benzene rings is 3. The minimum absolute atomic E-state index is 0.166. The van der Waals surface area contributed by atoms with Crippen molar-refractivity contribution >= 4 is 37.2 Å². The van der Waals surface area contributed by atoms with Crippen LogP contribution in [-0.4, -0.2) is 57.4 Å². The maximum absolute atomic E-state index is 12.2. The van der Waals surface area contributed by atoms with E-state index in [0.29, 0.717) is 23.2 Å². The summed E-state index contributed by atoms with van der Waals surface area (Å²) in [7, 11) is -3.07. The van der Waals surface area contributed by atoms with Crippen LogP contribution in [0.3, 0.4) is 0 Å². The molecular formula is C29H29N2O6S2+. The molecule has 202 valence electrons.